The lowest BCUT2D eigenvalue weighted by Crippen LogP contribution is -2.20. The molecule has 0 spiro atoms. The van der Waals surface area contributed by atoms with Gasteiger partial charge < -0.3 is 10.1 Å². The molecule has 0 aliphatic heterocycles. The number of nitrogens with one attached hydrogen (secondary N) is 1. The second-order valence-electron chi connectivity index (χ2n) is 3.30. The number of amides is 1. The number of carbonyl (C=O) groups excluding carboxylic acids is 1. The van der Waals surface area contributed by atoms with Crippen LogP contribution in [0.15, 0.2) is 0 Å². The van der Waals surface area contributed by atoms with Gasteiger partial charge in [0.15, 0.2) is 0 Å². The fraction of sp³-hybridized carbons (Fsp3) is 0.875. The van der Waals surface area contributed by atoms with Crippen molar-refractivity contribution < 1.29 is 9.53 Å². The molecule has 0 atom stereocenters. The van der Waals surface area contributed by atoms with Crippen LogP contribution in [0.4, 0.5) is 4.79 Å². The lowest BCUT2D eigenvalue weighted by atomic mass is 10.1. The first kappa shape index (κ1) is 11.6. The van der Waals surface area contributed by atoms with Crippen LogP contribution in [0, 0.1) is 0 Å². The molecule has 0 rings (SSSR count). The zero-order valence-corrected chi connectivity index (χ0v) is 8.78. The monoisotopic (exact) mass is 191 g/mol. The predicted molar refractivity (Wildman–Crippen MR) is 52.7 cm³/mol. The molecule has 0 aliphatic rings. The van der Waals surface area contributed by atoms with Gasteiger partial charge in [0.25, 0.3) is 0 Å². The standard InChI is InChI=1S/C8H17NO2S/c1-8(2,12)5-4-6-11-7(10)9-3/h12H,4-6H2,1-3H3,(H,9,10). The molecule has 0 fully saturated rings. The Balaban J connectivity index is 3.28. The third-order valence-corrected chi connectivity index (χ3v) is 1.59. The molecule has 12 heavy (non-hydrogen) atoms. The third-order valence-electron chi connectivity index (χ3n) is 1.37. The van der Waals surface area contributed by atoms with Crippen LogP contribution in [0.1, 0.15) is 26.7 Å². The maximum absolute atomic E-state index is 10.6. The van der Waals surface area contributed by atoms with Crippen molar-refractivity contribution in [2.45, 2.75) is 31.4 Å². The van der Waals surface area contributed by atoms with Gasteiger partial charge in [-0.3, -0.25) is 0 Å². The number of ether oxygens (including phenoxy) is 1. The maximum Gasteiger partial charge on any atom is 0.406 e. The summed E-state index contributed by atoms with van der Waals surface area (Å²) in [5.41, 5.74) is 0. The van der Waals surface area contributed by atoms with E-state index in [4.69, 9.17) is 4.74 Å². The zero-order chi connectivity index (χ0) is 9.61. The van der Waals surface area contributed by atoms with E-state index in [-0.39, 0.29) is 10.8 Å². The van der Waals surface area contributed by atoms with E-state index in [2.05, 4.69) is 17.9 Å². The van der Waals surface area contributed by atoms with Crippen LogP contribution in [0.25, 0.3) is 0 Å². The van der Waals surface area contributed by atoms with Crippen molar-refractivity contribution >= 4 is 18.7 Å². The summed E-state index contributed by atoms with van der Waals surface area (Å²) in [4.78, 5) is 10.6. The Morgan fingerprint density at radius 1 is 1.58 bits per heavy atom. The molecule has 72 valence electrons. The van der Waals surface area contributed by atoms with Crippen molar-refractivity contribution in [3.8, 4) is 0 Å². The molecule has 0 saturated heterocycles. The Bertz CT molecular complexity index is 142. The highest BCUT2D eigenvalue weighted by Crippen LogP contribution is 2.18. The first-order chi connectivity index (χ1) is 5.45. The van der Waals surface area contributed by atoms with Crippen LogP contribution in [0.3, 0.4) is 0 Å². The molecule has 1 N–H and O–H groups in total. The van der Waals surface area contributed by atoms with Crippen LogP contribution in [-0.2, 0) is 4.74 Å². The minimum absolute atomic E-state index is 0.0199. The summed E-state index contributed by atoms with van der Waals surface area (Å²) < 4.78 is 4.82. The summed E-state index contributed by atoms with van der Waals surface area (Å²) in [5.74, 6) is 0. The van der Waals surface area contributed by atoms with E-state index in [1.807, 2.05) is 13.8 Å². The number of hydrogen-bond donors (Lipinski definition) is 2. The smallest absolute Gasteiger partial charge is 0.406 e. The van der Waals surface area contributed by atoms with Crippen molar-refractivity contribution in [3.63, 3.8) is 0 Å². The molecule has 0 radical (unpaired) electrons. The summed E-state index contributed by atoms with van der Waals surface area (Å²) in [6.45, 7) is 4.54. The van der Waals surface area contributed by atoms with E-state index >= 15 is 0 Å². The van der Waals surface area contributed by atoms with Gasteiger partial charge in [-0.25, -0.2) is 4.79 Å². The SMILES string of the molecule is CNC(=O)OCCCC(C)(C)S. The van der Waals surface area contributed by atoms with Crippen molar-refractivity contribution in [2.24, 2.45) is 0 Å². The molecule has 1 amide bonds. The molecule has 0 heterocycles. The molecular formula is C8H17NO2S. The Kier molecular flexibility index (Phi) is 5.13. The average molecular weight is 191 g/mol. The Morgan fingerprint density at radius 3 is 2.58 bits per heavy atom. The van der Waals surface area contributed by atoms with Gasteiger partial charge in [-0.05, 0) is 12.8 Å². The van der Waals surface area contributed by atoms with Gasteiger partial charge >= 0.3 is 6.09 Å². The van der Waals surface area contributed by atoms with Crippen molar-refractivity contribution in [2.75, 3.05) is 13.7 Å². The fourth-order valence-corrected chi connectivity index (χ4v) is 0.900. The molecule has 0 aromatic rings. The molecular weight excluding hydrogens is 174 g/mol. The normalized spacial score (nSPS) is 11.0. The van der Waals surface area contributed by atoms with Crippen molar-refractivity contribution in [3.05, 3.63) is 0 Å². The highest BCUT2D eigenvalue weighted by atomic mass is 32.1. The molecule has 0 unspecified atom stereocenters. The maximum atomic E-state index is 10.6. The Hall–Kier alpha value is -0.380. The number of thiol groups is 1. The molecule has 0 aromatic carbocycles. The van der Waals surface area contributed by atoms with Crippen LogP contribution in [0.5, 0.6) is 0 Å². The second kappa shape index (κ2) is 5.30. The van der Waals surface area contributed by atoms with Crippen LogP contribution in [0.2, 0.25) is 0 Å². The molecule has 0 aliphatic carbocycles. The number of hydrogen-bond acceptors (Lipinski definition) is 3. The molecule has 0 bridgehead atoms. The Morgan fingerprint density at radius 2 is 2.17 bits per heavy atom. The van der Waals surface area contributed by atoms with E-state index < -0.39 is 0 Å². The molecule has 0 saturated carbocycles. The predicted octanol–water partition coefficient (Wildman–Crippen LogP) is 1.83. The van der Waals surface area contributed by atoms with E-state index in [1.165, 1.54) is 0 Å². The van der Waals surface area contributed by atoms with Gasteiger partial charge in [0.1, 0.15) is 0 Å². The fourth-order valence-electron chi connectivity index (χ4n) is 0.742. The van der Waals surface area contributed by atoms with Crippen molar-refractivity contribution in [1.82, 2.24) is 5.32 Å². The van der Waals surface area contributed by atoms with E-state index in [0.717, 1.165) is 12.8 Å². The van der Waals surface area contributed by atoms with Gasteiger partial charge in [-0.1, -0.05) is 13.8 Å². The summed E-state index contributed by atoms with van der Waals surface area (Å²) in [6.07, 6.45) is 1.42. The number of alkyl carbamates (subject to hydrolysis) is 1. The quantitative estimate of drug-likeness (QED) is 0.525. The van der Waals surface area contributed by atoms with Gasteiger partial charge in [0, 0.05) is 11.8 Å². The van der Waals surface area contributed by atoms with E-state index in [0.29, 0.717) is 6.61 Å². The largest absolute Gasteiger partial charge is 0.450 e. The first-order valence-electron chi connectivity index (χ1n) is 4.02. The average Bonchev–Trinajstić information content (AvgIpc) is 1.96. The number of rotatable bonds is 4. The van der Waals surface area contributed by atoms with Gasteiger partial charge in [0.2, 0.25) is 0 Å². The van der Waals surface area contributed by atoms with E-state index in [9.17, 15) is 4.79 Å². The minimum Gasteiger partial charge on any atom is -0.450 e. The van der Waals surface area contributed by atoms with Crippen LogP contribution >= 0.6 is 12.6 Å². The van der Waals surface area contributed by atoms with Gasteiger partial charge in [-0.2, -0.15) is 12.6 Å². The molecule has 3 nitrogen and oxygen atoms in total. The summed E-state index contributed by atoms with van der Waals surface area (Å²) in [5, 5.41) is 2.38. The third kappa shape index (κ3) is 7.72. The molecule has 4 heteroatoms. The summed E-state index contributed by atoms with van der Waals surface area (Å²) in [7, 11) is 1.55. The zero-order valence-electron chi connectivity index (χ0n) is 7.89. The Labute approximate surface area is 79.3 Å². The lowest BCUT2D eigenvalue weighted by molar-refractivity contribution is 0.145. The highest BCUT2D eigenvalue weighted by Gasteiger charge is 2.10. The van der Waals surface area contributed by atoms with E-state index in [1.54, 1.807) is 7.05 Å². The second-order valence-corrected chi connectivity index (χ2v) is 4.51. The number of carbonyl (C=O) groups is 1. The minimum atomic E-state index is -0.369. The summed E-state index contributed by atoms with van der Waals surface area (Å²) in [6, 6.07) is 0. The molecule has 0 aromatic heterocycles. The lowest BCUT2D eigenvalue weighted by Gasteiger charge is -2.16. The highest BCUT2D eigenvalue weighted by molar-refractivity contribution is 7.81. The van der Waals surface area contributed by atoms with Crippen LogP contribution < -0.4 is 5.32 Å². The van der Waals surface area contributed by atoms with Crippen LogP contribution in [-0.4, -0.2) is 24.5 Å². The van der Waals surface area contributed by atoms with Crippen molar-refractivity contribution in [1.29, 1.82) is 0 Å². The first-order valence-corrected chi connectivity index (χ1v) is 4.47. The topological polar surface area (TPSA) is 38.3 Å². The van der Waals surface area contributed by atoms with Gasteiger partial charge in [0.05, 0.1) is 6.61 Å². The van der Waals surface area contributed by atoms with Gasteiger partial charge in [-0.15, -0.1) is 0 Å². The summed E-state index contributed by atoms with van der Waals surface area (Å²) >= 11 is 4.35.